The third-order valence-corrected chi connectivity index (χ3v) is 4.11. The van der Waals surface area contributed by atoms with Crippen LogP contribution in [0, 0.1) is 0 Å². The molecule has 0 aromatic heterocycles. The highest BCUT2D eigenvalue weighted by Crippen LogP contribution is 2.22. The van der Waals surface area contributed by atoms with E-state index < -0.39 is 0 Å². The molecule has 0 aromatic carbocycles. The molecule has 1 saturated heterocycles. The monoisotopic (exact) mass is 255 g/mol. The van der Waals surface area contributed by atoms with E-state index in [1.165, 1.54) is 0 Å². The molecule has 2 unspecified atom stereocenters. The maximum Gasteiger partial charge on any atom is 0.236 e. The molecule has 1 aliphatic carbocycles. The summed E-state index contributed by atoms with van der Waals surface area (Å²) >= 11 is 0. The van der Waals surface area contributed by atoms with Gasteiger partial charge in [-0.15, -0.1) is 0 Å². The summed E-state index contributed by atoms with van der Waals surface area (Å²) in [7, 11) is 1.96. The van der Waals surface area contributed by atoms with Gasteiger partial charge < -0.3 is 15.3 Å². The number of piperazine rings is 1. The first kappa shape index (κ1) is 13.8. The number of nitrogens with zero attached hydrogens (tertiary/aromatic N) is 2. The van der Waals surface area contributed by atoms with E-state index in [4.69, 9.17) is 0 Å². The van der Waals surface area contributed by atoms with Crippen molar-refractivity contribution in [3.8, 4) is 0 Å². The summed E-state index contributed by atoms with van der Waals surface area (Å²) in [5.74, 6) is 0.191. The quantitative estimate of drug-likeness (QED) is 0.724. The van der Waals surface area contributed by atoms with Crippen LogP contribution in [-0.2, 0) is 4.79 Å². The van der Waals surface area contributed by atoms with Crippen LogP contribution in [0.5, 0.6) is 0 Å². The minimum Gasteiger partial charge on any atom is -0.391 e. The van der Waals surface area contributed by atoms with Crippen LogP contribution in [0.1, 0.15) is 25.7 Å². The first-order valence-electron chi connectivity index (χ1n) is 7.05. The van der Waals surface area contributed by atoms with E-state index in [1.54, 1.807) is 0 Å². The average molecular weight is 255 g/mol. The van der Waals surface area contributed by atoms with Crippen molar-refractivity contribution in [1.29, 1.82) is 0 Å². The Labute approximate surface area is 109 Å². The predicted molar refractivity (Wildman–Crippen MR) is 70.3 cm³/mol. The maximum absolute atomic E-state index is 12.1. The Morgan fingerprint density at radius 2 is 2.00 bits per heavy atom. The molecule has 1 saturated carbocycles. The van der Waals surface area contributed by atoms with Crippen LogP contribution >= 0.6 is 0 Å². The zero-order valence-electron chi connectivity index (χ0n) is 11.3. The van der Waals surface area contributed by atoms with Crippen LogP contribution in [0.2, 0.25) is 0 Å². The Hall–Kier alpha value is -0.650. The van der Waals surface area contributed by atoms with E-state index in [0.29, 0.717) is 6.54 Å². The van der Waals surface area contributed by atoms with Crippen molar-refractivity contribution in [1.82, 2.24) is 15.1 Å². The predicted octanol–water partition coefficient (Wildman–Crippen LogP) is -0.346. The lowest BCUT2D eigenvalue weighted by Gasteiger charge is -2.36. The summed E-state index contributed by atoms with van der Waals surface area (Å²) < 4.78 is 0. The molecule has 2 atom stereocenters. The number of rotatable bonds is 3. The molecule has 2 N–H and O–H groups in total. The summed E-state index contributed by atoms with van der Waals surface area (Å²) in [4.78, 5) is 16.1. The molecular weight excluding hydrogens is 230 g/mol. The molecule has 2 aliphatic rings. The SMILES string of the molecule is CN(CC(=O)N1CCNCC1)C1CCCCC1O. The standard InChI is InChI=1S/C13H25N3O2/c1-15(11-4-2-3-5-12(11)17)10-13(18)16-8-6-14-7-9-16/h11-12,14,17H,2-10H2,1H3. The highest BCUT2D eigenvalue weighted by molar-refractivity contribution is 5.78. The molecule has 0 spiro atoms. The van der Waals surface area contributed by atoms with Crippen molar-refractivity contribution in [3.05, 3.63) is 0 Å². The molecule has 2 fully saturated rings. The Balaban J connectivity index is 1.81. The van der Waals surface area contributed by atoms with Gasteiger partial charge in [0.2, 0.25) is 5.91 Å². The fourth-order valence-corrected chi connectivity index (χ4v) is 2.95. The molecule has 5 heteroatoms. The number of nitrogens with one attached hydrogen (secondary N) is 1. The van der Waals surface area contributed by atoms with Gasteiger partial charge in [0, 0.05) is 32.2 Å². The number of carbonyl (C=O) groups excluding carboxylic acids is 1. The summed E-state index contributed by atoms with van der Waals surface area (Å²) in [5, 5.41) is 13.2. The van der Waals surface area contributed by atoms with E-state index in [-0.39, 0.29) is 18.1 Å². The van der Waals surface area contributed by atoms with Gasteiger partial charge in [-0.25, -0.2) is 0 Å². The third kappa shape index (κ3) is 3.43. The summed E-state index contributed by atoms with van der Waals surface area (Å²) in [6, 6.07) is 0.158. The minimum atomic E-state index is -0.264. The Morgan fingerprint density at radius 3 is 2.67 bits per heavy atom. The van der Waals surface area contributed by atoms with Gasteiger partial charge in [-0.3, -0.25) is 9.69 Å². The Kier molecular flexibility index (Phi) is 4.97. The second kappa shape index (κ2) is 6.50. The number of aliphatic hydroxyl groups excluding tert-OH is 1. The number of likely N-dealkylation sites (N-methyl/N-ethyl adjacent to an activating group) is 1. The molecule has 0 aromatic rings. The van der Waals surface area contributed by atoms with E-state index >= 15 is 0 Å². The van der Waals surface area contributed by atoms with Crippen LogP contribution in [0.4, 0.5) is 0 Å². The van der Waals surface area contributed by atoms with Crippen molar-refractivity contribution in [2.75, 3.05) is 39.8 Å². The van der Waals surface area contributed by atoms with Crippen LogP contribution < -0.4 is 5.32 Å². The Morgan fingerprint density at radius 1 is 1.33 bits per heavy atom. The van der Waals surface area contributed by atoms with E-state index in [2.05, 4.69) is 5.32 Å². The van der Waals surface area contributed by atoms with Crippen molar-refractivity contribution < 1.29 is 9.90 Å². The molecule has 0 radical (unpaired) electrons. The smallest absolute Gasteiger partial charge is 0.236 e. The second-order valence-corrected chi connectivity index (χ2v) is 5.47. The third-order valence-electron chi connectivity index (χ3n) is 4.11. The number of hydrogen-bond donors (Lipinski definition) is 2. The van der Waals surface area contributed by atoms with E-state index in [9.17, 15) is 9.90 Å². The van der Waals surface area contributed by atoms with Gasteiger partial charge in [-0.2, -0.15) is 0 Å². The first-order valence-corrected chi connectivity index (χ1v) is 7.05. The first-order chi connectivity index (χ1) is 8.68. The van der Waals surface area contributed by atoms with Gasteiger partial charge in [0.1, 0.15) is 0 Å². The van der Waals surface area contributed by atoms with Gasteiger partial charge in [-0.1, -0.05) is 12.8 Å². The fourth-order valence-electron chi connectivity index (χ4n) is 2.95. The molecular formula is C13H25N3O2. The van der Waals surface area contributed by atoms with Crippen LogP contribution in [0.25, 0.3) is 0 Å². The number of carbonyl (C=O) groups is 1. The van der Waals surface area contributed by atoms with Crippen LogP contribution in [0.3, 0.4) is 0 Å². The number of amides is 1. The van der Waals surface area contributed by atoms with Gasteiger partial charge >= 0.3 is 0 Å². The summed E-state index contributed by atoms with van der Waals surface area (Å²) in [6.07, 6.45) is 3.88. The molecule has 1 aliphatic heterocycles. The minimum absolute atomic E-state index is 0.158. The second-order valence-electron chi connectivity index (χ2n) is 5.47. The van der Waals surface area contributed by atoms with E-state index in [0.717, 1.165) is 51.9 Å². The highest BCUT2D eigenvalue weighted by Gasteiger charge is 2.28. The fraction of sp³-hybridized carbons (Fsp3) is 0.923. The van der Waals surface area contributed by atoms with Gasteiger partial charge in [0.15, 0.2) is 0 Å². The van der Waals surface area contributed by atoms with Gasteiger partial charge in [0.25, 0.3) is 0 Å². The highest BCUT2D eigenvalue weighted by atomic mass is 16.3. The average Bonchev–Trinajstić information content (AvgIpc) is 2.40. The lowest BCUT2D eigenvalue weighted by Crippen LogP contribution is -2.52. The Bertz CT molecular complexity index is 279. The molecule has 5 nitrogen and oxygen atoms in total. The zero-order chi connectivity index (χ0) is 13.0. The van der Waals surface area contributed by atoms with Crippen LogP contribution in [0.15, 0.2) is 0 Å². The maximum atomic E-state index is 12.1. The van der Waals surface area contributed by atoms with Gasteiger partial charge in [-0.05, 0) is 19.9 Å². The van der Waals surface area contributed by atoms with Crippen molar-refractivity contribution in [2.24, 2.45) is 0 Å². The van der Waals surface area contributed by atoms with Gasteiger partial charge in [0.05, 0.1) is 12.6 Å². The van der Waals surface area contributed by atoms with Crippen molar-refractivity contribution in [2.45, 2.75) is 37.8 Å². The van der Waals surface area contributed by atoms with Crippen molar-refractivity contribution in [3.63, 3.8) is 0 Å². The lowest BCUT2D eigenvalue weighted by atomic mass is 9.91. The molecule has 1 heterocycles. The topological polar surface area (TPSA) is 55.8 Å². The molecule has 2 rings (SSSR count). The largest absolute Gasteiger partial charge is 0.391 e. The number of hydrogen-bond acceptors (Lipinski definition) is 4. The van der Waals surface area contributed by atoms with Crippen LogP contribution in [-0.4, -0.2) is 72.7 Å². The molecule has 104 valence electrons. The molecule has 0 bridgehead atoms. The van der Waals surface area contributed by atoms with E-state index in [1.807, 2.05) is 16.8 Å². The summed E-state index contributed by atoms with van der Waals surface area (Å²) in [5.41, 5.74) is 0. The van der Waals surface area contributed by atoms with Crippen molar-refractivity contribution >= 4 is 5.91 Å². The normalized spacial score (nSPS) is 29.6. The lowest BCUT2D eigenvalue weighted by molar-refractivity contribution is -0.134. The summed E-state index contributed by atoms with van der Waals surface area (Å²) in [6.45, 7) is 3.82. The zero-order valence-corrected chi connectivity index (χ0v) is 11.3. The molecule has 18 heavy (non-hydrogen) atoms. The number of aliphatic hydroxyl groups is 1. The molecule has 1 amide bonds.